The highest BCUT2D eigenvalue weighted by atomic mass is 32.1. The van der Waals surface area contributed by atoms with Crippen molar-refractivity contribution in [3.8, 4) is 0 Å². The molecule has 2 aromatic rings. The molecule has 0 aliphatic rings. The number of hydrogen-bond donors (Lipinski definition) is 1. The van der Waals surface area contributed by atoms with Crippen LogP contribution < -0.4 is 5.32 Å². The number of nitrogens with zero attached hydrogens (tertiary/aromatic N) is 3. The molecule has 0 aromatic carbocycles. The van der Waals surface area contributed by atoms with Crippen LogP contribution in [0.25, 0.3) is 0 Å². The quantitative estimate of drug-likeness (QED) is 0.849. The van der Waals surface area contributed by atoms with Crippen molar-refractivity contribution < 1.29 is 0 Å². The van der Waals surface area contributed by atoms with Crippen molar-refractivity contribution in [2.75, 3.05) is 0 Å². The lowest BCUT2D eigenvalue weighted by Crippen LogP contribution is -2.13. The Labute approximate surface area is 92.4 Å². The number of nitrogens with one attached hydrogen (secondary N) is 1. The topological polar surface area (TPSA) is 50.7 Å². The van der Waals surface area contributed by atoms with Crippen LogP contribution in [0.4, 0.5) is 0 Å². The fraction of sp³-hybridized carbons (Fsp3) is 0.300. The van der Waals surface area contributed by atoms with E-state index < -0.39 is 0 Å². The zero-order chi connectivity index (χ0) is 10.5. The molecule has 0 radical (unpaired) electrons. The molecule has 0 saturated heterocycles. The van der Waals surface area contributed by atoms with Crippen molar-refractivity contribution in [2.45, 2.75) is 20.0 Å². The first kappa shape index (κ1) is 10.2. The molecule has 0 atom stereocenters. The van der Waals surface area contributed by atoms with Crippen molar-refractivity contribution in [1.29, 1.82) is 0 Å². The molecular weight excluding hydrogens is 208 g/mol. The Hall–Kier alpha value is -1.33. The number of thiazole rings is 1. The van der Waals surface area contributed by atoms with Gasteiger partial charge in [-0.25, -0.2) is 15.0 Å². The van der Waals surface area contributed by atoms with Crippen LogP contribution in [0, 0.1) is 6.92 Å². The highest BCUT2D eigenvalue weighted by Crippen LogP contribution is 2.10. The summed E-state index contributed by atoms with van der Waals surface area (Å²) in [6.45, 7) is 3.52. The van der Waals surface area contributed by atoms with Crippen molar-refractivity contribution >= 4 is 11.3 Å². The summed E-state index contributed by atoms with van der Waals surface area (Å²) in [5.41, 5.74) is 0. The minimum Gasteiger partial charge on any atom is -0.305 e. The Bertz CT molecular complexity index is 412. The lowest BCUT2D eigenvalue weighted by atomic mass is 10.5. The smallest absolute Gasteiger partial charge is 0.141 e. The van der Waals surface area contributed by atoms with Gasteiger partial charge in [-0.2, -0.15) is 0 Å². The molecule has 0 unspecified atom stereocenters. The molecule has 0 saturated carbocycles. The summed E-state index contributed by atoms with van der Waals surface area (Å²) in [6, 6.07) is 1.82. The van der Waals surface area contributed by atoms with Gasteiger partial charge in [-0.3, -0.25) is 0 Å². The highest BCUT2D eigenvalue weighted by molar-refractivity contribution is 7.11. The van der Waals surface area contributed by atoms with Gasteiger partial charge in [0.15, 0.2) is 0 Å². The van der Waals surface area contributed by atoms with Gasteiger partial charge in [0.1, 0.15) is 5.82 Å². The van der Waals surface area contributed by atoms with Crippen molar-refractivity contribution in [3.05, 3.63) is 40.4 Å². The van der Waals surface area contributed by atoms with Crippen LogP contribution in [0.1, 0.15) is 15.7 Å². The molecule has 15 heavy (non-hydrogen) atoms. The van der Waals surface area contributed by atoms with Gasteiger partial charge in [-0.05, 0) is 13.0 Å². The number of rotatable bonds is 4. The maximum atomic E-state index is 4.19. The molecule has 0 aliphatic carbocycles. The fourth-order valence-corrected chi connectivity index (χ4v) is 1.97. The first-order valence-corrected chi connectivity index (χ1v) is 5.54. The molecular formula is C10H12N4S. The van der Waals surface area contributed by atoms with Crippen LogP contribution in [-0.2, 0) is 13.1 Å². The van der Waals surface area contributed by atoms with E-state index in [-0.39, 0.29) is 0 Å². The maximum absolute atomic E-state index is 4.19. The molecule has 2 rings (SSSR count). The standard InChI is InChI=1S/C10H12N4S/c1-8-14-6-9(15-8)5-11-7-10-12-3-2-4-13-10/h2-4,6,11H,5,7H2,1H3. The molecule has 5 heteroatoms. The molecule has 2 aromatic heterocycles. The van der Waals surface area contributed by atoms with Gasteiger partial charge in [0.2, 0.25) is 0 Å². The normalized spacial score (nSPS) is 10.5. The van der Waals surface area contributed by atoms with Crippen molar-refractivity contribution in [2.24, 2.45) is 0 Å². The third kappa shape index (κ3) is 3.07. The van der Waals surface area contributed by atoms with Crippen LogP contribution in [-0.4, -0.2) is 15.0 Å². The molecule has 78 valence electrons. The number of hydrogen-bond acceptors (Lipinski definition) is 5. The minimum absolute atomic E-state index is 0.692. The van der Waals surface area contributed by atoms with Gasteiger partial charge in [0, 0.05) is 30.0 Å². The molecule has 0 amide bonds. The summed E-state index contributed by atoms with van der Waals surface area (Å²) < 4.78 is 0. The maximum Gasteiger partial charge on any atom is 0.141 e. The highest BCUT2D eigenvalue weighted by Gasteiger charge is 1.98. The average molecular weight is 220 g/mol. The SMILES string of the molecule is Cc1ncc(CNCc2ncccn2)s1. The van der Waals surface area contributed by atoms with E-state index in [4.69, 9.17) is 0 Å². The van der Waals surface area contributed by atoms with E-state index in [9.17, 15) is 0 Å². The summed E-state index contributed by atoms with van der Waals surface area (Å²) in [7, 11) is 0. The molecule has 0 aliphatic heterocycles. The second kappa shape index (κ2) is 4.95. The van der Waals surface area contributed by atoms with Crippen LogP contribution >= 0.6 is 11.3 Å². The average Bonchev–Trinajstić information content (AvgIpc) is 2.66. The molecule has 0 bridgehead atoms. The summed E-state index contributed by atoms with van der Waals surface area (Å²) >= 11 is 1.71. The van der Waals surface area contributed by atoms with Crippen molar-refractivity contribution in [3.63, 3.8) is 0 Å². The van der Waals surface area contributed by atoms with Gasteiger partial charge in [0.25, 0.3) is 0 Å². The van der Waals surface area contributed by atoms with Crippen molar-refractivity contribution in [1.82, 2.24) is 20.3 Å². The predicted molar refractivity (Wildman–Crippen MR) is 59.4 cm³/mol. The van der Waals surface area contributed by atoms with E-state index in [0.717, 1.165) is 17.4 Å². The van der Waals surface area contributed by atoms with E-state index in [0.29, 0.717) is 6.54 Å². The third-order valence-electron chi connectivity index (χ3n) is 1.87. The Balaban J connectivity index is 1.80. The summed E-state index contributed by atoms with van der Waals surface area (Å²) in [6.07, 6.45) is 5.40. The van der Waals surface area contributed by atoms with Crippen LogP contribution in [0.5, 0.6) is 0 Å². The Morgan fingerprint density at radius 3 is 2.67 bits per heavy atom. The molecule has 4 nitrogen and oxygen atoms in total. The largest absolute Gasteiger partial charge is 0.305 e. The summed E-state index contributed by atoms with van der Waals surface area (Å²) in [5.74, 6) is 0.818. The van der Waals surface area contributed by atoms with E-state index >= 15 is 0 Å². The number of aromatic nitrogens is 3. The second-order valence-corrected chi connectivity index (χ2v) is 4.43. The van der Waals surface area contributed by atoms with E-state index in [1.54, 1.807) is 23.7 Å². The Morgan fingerprint density at radius 2 is 2.00 bits per heavy atom. The van der Waals surface area contributed by atoms with E-state index in [2.05, 4.69) is 20.3 Å². The Kier molecular flexibility index (Phi) is 3.37. The zero-order valence-electron chi connectivity index (χ0n) is 8.47. The number of aryl methyl sites for hydroxylation is 1. The Morgan fingerprint density at radius 1 is 1.20 bits per heavy atom. The molecule has 2 heterocycles. The molecule has 0 spiro atoms. The second-order valence-electron chi connectivity index (χ2n) is 3.11. The molecule has 0 fully saturated rings. The fourth-order valence-electron chi connectivity index (χ4n) is 1.21. The first-order valence-electron chi connectivity index (χ1n) is 4.72. The van der Waals surface area contributed by atoms with Gasteiger partial charge in [0.05, 0.1) is 11.6 Å². The monoisotopic (exact) mass is 220 g/mol. The van der Waals surface area contributed by atoms with Crippen LogP contribution in [0.15, 0.2) is 24.7 Å². The van der Waals surface area contributed by atoms with Crippen LogP contribution in [0.3, 0.4) is 0 Å². The third-order valence-corrected chi connectivity index (χ3v) is 2.78. The van der Waals surface area contributed by atoms with Gasteiger partial charge in [-0.1, -0.05) is 0 Å². The predicted octanol–water partition coefficient (Wildman–Crippen LogP) is 1.53. The summed E-state index contributed by atoms with van der Waals surface area (Å²) in [4.78, 5) is 13.7. The summed E-state index contributed by atoms with van der Waals surface area (Å²) in [5, 5.41) is 4.38. The van der Waals surface area contributed by atoms with Crippen LogP contribution in [0.2, 0.25) is 0 Å². The lowest BCUT2D eigenvalue weighted by molar-refractivity contribution is 0.667. The zero-order valence-corrected chi connectivity index (χ0v) is 9.29. The van der Waals surface area contributed by atoms with Gasteiger partial charge in [-0.15, -0.1) is 11.3 Å². The van der Waals surface area contributed by atoms with Gasteiger partial charge < -0.3 is 5.32 Å². The lowest BCUT2D eigenvalue weighted by Gasteiger charge is -2.00. The van der Waals surface area contributed by atoms with Gasteiger partial charge >= 0.3 is 0 Å². The van der Waals surface area contributed by atoms with E-state index in [1.807, 2.05) is 19.2 Å². The molecule has 1 N–H and O–H groups in total. The van der Waals surface area contributed by atoms with E-state index in [1.165, 1.54) is 4.88 Å². The minimum atomic E-state index is 0.692. The first-order chi connectivity index (χ1) is 7.34.